The van der Waals surface area contributed by atoms with E-state index >= 15 is 0 Å². The van der Waals surface area contributed by atoms with Gasteiger partial charge in [0.15, 0.2) is 0 Å². The van der Waals surface area contributed by atoms with Gasteiger partial charge in [-0.2, -0.15) is 0 Å². The molecule has 3 N–H and O–H groups in total. The van der Waals surface area contributed by atoms with Crippen LogP contribution in [0, 0.1) is 5.92 Å². The first-order chi connectivity index (χ1) is 5.08. The molecule has 0 aliphatic heterocycles. The minimum atomic E-state index is -2.44. The molecule has 0 unspecified atom stereocenters. The van der Waals surface area contributed by atoms with Crippen LogP contribution in [-0.4, -0.2) is 21.3 Å². The minimum absolute atomic E-state index is 0.104. The summed E-state index contributed by atoms with van der Waals surface area (Å²) in [7, 11) is 0. The van der Waals surface area contributed by atoms with Crippen LogP contribution in [0.4, 0.5) is 0 Å². The highest BCUT2D eigenvalue weighted by atomic mass is 16.7. The van der Waals surface area contributed by atoms with E-state index in [1.54, 1.807) is 0 Å². The van der Waals surface area contributed by atoms with E-state index in [0.29, 0.717) is 5.92 Å². The summed E-state index contributed by atoms with van der Waals surface area (Å²) < 4.78 is 0. The highest BCUT2D eigenvalue weighted by Crippen LogP contribution is 2.28. The highest BCUT2D eigenvalue weighted by Gasteiger charge is 2.25. The molecule has 0 aromatic rings. The van der Waals surface area contributed by atoms with Crippen molar-refractivity contribution in [1.29, 1.82) is 0 Å². The van der Waals surface area contributed by atoms with Crippen LogP contribution in [0.2, 0.25) is 0 Å². The van der Waals surface area contributed by atoms with Gasteiger partial charge in [-0.25, -0.2) is 0 Å². The van der Waals surface area contributed by atoms with E-state index < -0.39 is 5.97 Å². The average molecular weight is 160 g/mol. The van der Waals surface area contributed by atoms with Crippen molar-refractivity contribution in [2.45, 2.75) is 44.5 Å². The zero-order chi connectivity index (χ0) is 8.32. The van der Waals surface area contributed by atoms with Crippen LogP contribution in [0.25, 0.3) is 0 Å². The number of hydrogen-bond acceptors (Lipinski definition) is 3. The molecule has 1 aliphatic carbocycles. The second-order valence-electron chi connectivity index (χ2n) is 3.48. The molecule has 0 amide bonds. The number of rotatable bonds is 2. The quantitative estimate of drug-likeness (QED) is 0.518. The zero-order valence-corrected chi connectivity index (χ0v) is 6.66. The Labute approximate surface area is 66.7 Å². The van der Waals surface area contributed by atoms with E-state index in [-0.39, 0.29) is 6.42 Å². The Morgan fingerprint density at radius 3 is 2.00 bits per heavy atom. The summed E-state index contributed by atoms with van der Waals surface area (Å²) in [6.07, 6.45) is 5.69. The van der Waals surface area contributed by atoms with Gasteiger partial charge >= 0.3 is 0 Å². The predicted octanol–water partition coefficient (Wildman–Crippen LogP) is 0.588. The second kappa shape index (κ2) is 3.52. The van der Waals surface area contributed by atoms with Gasteiger partial charge < -0.3 is 15.3 Å². The summed E-state index contributed by atoms with van der Waals surface area (Å²) in [5, 5.41) is 26.0. The molecule has 0 aromatic heterocycles. The Hall–Kier alpha value is -0.120. The van der Waals surface area contributed by atoms with Crippen molar-refractivity contribution in [3.8, 4) is 0 Å². The standard InChI is InChI=1S/C8H16O3/c9-8(10,11)6-7-4-2-1-3-5-7/h7,9-11H,1-6H2. The van der Waals surface area contributed by atoms with E-state index in [2.05, 4.69) is 0 Å². The molecule has 3 nitrogen and oxygen atoms in total. The highest BCUT2D eigenvalue weighted by molar-refractivity contribution is 4.68. The Kier molecular flexibility index (Phi) is 2.87. The molecule has 11 heavy (non-hydrogen) atoms. The van der Waals surface area contributed by atoms with Gasteiger partial charge in [-0.3, -0.25) is 0 Å². The second-order valence-corrected chi connectivity index (χ2v) is 3.48. The van der Waals surface area contributed by atoms with Crippen molar-refractivity contribution in [2.24, 2.45) is 5.92 Å². The molecule has 1 aliphatic rings. The maximum atomic E-state index is 8.68. The van der Waals surface area contributed by atoms with Gasteiger partial charge in [0.1, 0.15) is 0 Å². The fraction of sp³-hybridized carbons (Fsp3) is 1.00. The average Bonchev–Trinajstić information content (AvgIpc) is 1.85. The van der Waals surface area contributed by atoms with Gasteiger partial charge in [-0.15, -0.1) is 0 Å². The third-order valence-electron chi connectivity index (χ3n) is 2.29. The van der Waals surface area contributed by atoms with E-state index in [4.69, 9.17) is 15.3 Å². The Morgan fingerprint density at radius 1 is 1.00 bits per heavy atom. The molecular formula is C8H16O3. The molecule has 1 rings (SSSR count). The normalized spacial score (nSPS) is 22.1. The molecule has 0 saturated heterocycles. The molecule has 0 bridgehead atoms. The molecule has 66 valence electrons. The molecule has 0 radical (unpaired) electrons. The maximum absolute atomic E-state index is 8.68. The topological polar surface area (TPSA) is 60.7 Å². The van der Waals surface area contributed by atoms with Crippen LogP contribution in [0.15, 0.2) is 0 Å². The lowest BCUT2D eigenvalue weighted by Gasteiger charge is -2.25. The van der Waals surface area contributed by atoms with Gasteiger partial charge in [0, 0.05) is 6.42 Å². The number of aliphatic hydroxyl groups is 3. The monoisotopic (exact) mass is 160 g/mol. The van der Waals surface area contributed by atoms with Crippen LogP contribution in [-0.2, 0) is 0 Å². The fourth-order valence-corrected chi connectivity index (χ4v) is 1.78. The Morgan fingerprint density at radius 2 is 1.55 bits per heavy atom. The smallest absolute Gasteiger partial charge is 0.275 e. The third-order valence-corrected chi connectivity index (χ3v) is 2.29. The van der Waals surface area contributed by atoms with Crippen LogP contribution in [0.3, 0.4) is 0 Å². The van der Waals surface area contributed by atoms with Crippen molar-refractivity contribution in [2.75, 3.05) is 0 Å². The lowest BCUT2D eigenvalue weighted by atomic mass is 9.86. The van der Waals surface area contributed by atoms with E-state index in [9.17, 15) is 0 Å². The van der Waals surface area contributed by atoms with Gasteiger partial charge in [0.2, 0.25) is 0 Å². The van der Waals surface area contributed by atoms with E-state index in [0.717, 1.165) is 25.7 Å². The molecule has 0 heterocycles. The van der Waals surface area contributed by atoms with Gasteiger partial charge in [-0.1, -0.05) is 32.1 Å². The van der Waals surface area contributed by atoms with Crippen LogP contribution >= 0.6 is 0 Å². The molecule has 0 spiro atoms. The zero-order valence-electron chi connectivity index (χ0n) is 6.66. The molecule has 1 fully saturated rings. The maximum Gasteiger partial charge on any atom is 0.275 e. The summed E-state index contributed by atoms with van der Waals surface area (Å²) in [4.78, 5) is 0. The molecule has 0 aromatic carbocycles. The van der Waals surface area contributed by atoms with Crippen molar-refractivity contribution in [3.05, 3.63) is 0 Å². The molecule has 0 atom stereocenters. The van der Waals surface area contributed by atoms with Crippen molar-refractivity contribution >= 4 is 0 Å². The minimum Gasteiger partial charge on any atom is -0.344 e. The van der Waals surface area contributed by atoms with Crippen LogP contribution in [0.1, 0.15) is 38.5 Å². The summed E-state index contributed by atoms with van der Waals surface area (Å²) in [5.74, 6) is -2.15. The van der Waals surface area contributed by atoms with Gasteiger partial charge in [0.25, 0.3) is 5.97 Å². The third kappa shape index (κ3) is 3.70. The van der Waals surface area contributed by atoms with Crippen molar-refractivity contribution in [3.63, 3.8) is 0 Å². The molecule has 3 heteroatoms. The molecule has 1 saturated carbocycles. The summed E-state index contributed by atoms with van der Waals surface area (Å²) in [6.45, 7) is 0. The summed E-state index contributed by atoms with van der Waals surface area (Å²) in [6, 6.07) is 0. The first kappa shape index (κ1) is 8.97. The SMILES string of the molecule is OC(O)(O)CC1CCCCC1. The van der Waals surface area contributed by atoms with Crippen LogP contribution in [0.5, 0.6) is 0 Å². The Balaban J connectivity index is 2.24. The van der Waals surface area contributed by atoms with Gasteiger partial charge in [0.05, 0.1) is 0 Å². The lowest BCUT2D eigenvalue weighted by molar-refractivity contribution is -0.320. The van der Waals surface area contributed by atoms with E-state index in [1.165, 1.54) is 6.42 Å². The predicted molar refractivity (Wildman–Crippen MR) is 40.6 cm³/mol. The summed E-state index contributed by atoms with van der Waals surface area (Å²) in [5.41, 5.74) is 0. The van der Waals surface area contributed by atoms with Gasteiger partial charge in [-0.05, 0) is 5.92 Å². The van der Waals surface area contributed by atoms with Crippen molar-refractivity contribution in [1.82, 2.24) is 0 Å². The largest absolute Gasteiger partial charge is 0.344 e. The van der Waals surface area contributed by atoms with Crippen molar-refractivity contribution < 1.29 is 15.3 Å². The van der Waals surface area contributed by atoms with Crippen LogP contribution < -0.4 is 0 Å². The fourth-order valence-electron chi connectivity index (χ4n) is 1.78. The lowest BCUT2D eigenvalue weighted by Crippen LogP contribution is -2.30. The molecular weight excluding hydrogens is 144 g/mol. The first-order valence-corrected chi connectivity index (χ1v) is 4.25. The summed E-state index contributed by atoms with van der Waals surface area (Å²) >= 11 is 0. The number of hydrogen-bond donors (Lipinski definition) is 3. The Bertz CT molecular complexity index is 111. The first-order valence-electron chi connectivity index (χ1n) is 4.25. The van der Waals surface area contributed by atoms with E-state index in [1.807, 2.05) is 0 Å².